The van der Waals surface area contributed by atoms with E-state index < -0.39 is 29.9 Å². The molecular weight excluding hydrogens is 424 g/mol. The maximum absolute atomic E-state index is 12.3. The molecule has 2 aromatic rings. The SMILES string of the molecule is CC(NCc1ccccc1)C(=O)[C@H](O)[C@@H](O)C(=O)N[C@@H](C)c1ccc(Br)cc1. The van der Waals surface area contributed by atoms with E-state index in [-0.39, 0.29) is 6.04 Å². The molecule has 2 rings (SSSR count). The lowest BCUT2D eigenvalue weighted by Gasteiger charge is -2.22. The fourth-order valence-electron chi connectivity index (χ4n) is 2.66. The zero-order valence-corrected chi connectivity index (χ0v) is 17.4. The van der Waals surface area contributed by atoms with Gasteiger partial charge in [0.15, 0.2) is 11.9 Å². The Kier molecular flexibility index (Phi) is 8.32. The highest BCUT2D eigenvalue weighted by Crippen LogP contribution is 2.17. The van der Waals surface area contributed by atoms with E-state index in [1.807, 2.05) is 54.6 Å². The van der Waals surface area contributed by atoms with Gasteiger partial charge in [-0.05, 0) is 37.1 Å². The number of benzene rings is 2. The smallest absolute Gasteiger partial charge is 0.252 e. The third-order valence-electron chi connectivity index (χ3n) is 4.47. The largest absolute Gasteiger partial charge is 0.382 e. The van der Waals surface area contributed by atoms with Crippen LogP contribution in [0.15, 0.2) is 59.1 Å². The Hall–Kier alpha value is -2.06. The van der Waals surface area contributed by atoms with E-state index in [0.29, 0.717) is 6.54 Å². The van der Waals surface area contributed by atoms with Crippen LogP contribution in [-0.2, 0) is 16.1 Å². The summed E-state index contributed by atoms with van der Waals surface area (Å²) >= 11 is 3.34. The molecule has 6 nitrogen and oxygen atoms in total. The summed E-state index contributed by atoms with van der Waals surface area (Å²) in [6.07, 6.45) is -3.65. The molecule has 0 spiro atoms. The molecule has 0 aromatic heterocycles. The lowest BCUT2D eigenvalue weighted by molar-refractivity contribution is -0.146. The molecule has 4 atom stereocenters. The summed E-state index contributed by atoms with van der Waals surface area (Å²) in [5.41, 5.74) is 1.82. The number of amides is 1. The lowest BCUT2D eigenvalue weighted by Crippen LogP contribution is -2.51. The van der Waals surface area contributed by atoms with Gasteiger partial charge in [0.2, 0.25) is 0 Å². The molecule has 0 heterocycles. The summed E-state index contributed by atoms with van der Waals surface area (Å²) in [6, 6.07) is 15.7. The quantitative estimate of drug-likeness (QED) is 0.470. The first kappa shape index (κ1) is 22.2. The minimum Gasteiger partial charge on any atom is -0.382 e. The van der Waals surface area contributed by atoms with E-state index in [1.54, 1.807) is 13.8 Å². The number of carbonyl (C=O) groups is 2. The van der Waals surface area contributed by atoms with Crippen molar-refractivity contribution in [2.75, 3.05) is 0 Å². The minimum absolute atomic E-state index is 0.383. The number of hydrogen-bond donors (Lipinski definition) is 4. The zero-order chi connectivity index (χ0) is 20.7. The van der Waals surface area contributed by atoms with Gasteiger partial charge in [0.05, 0.1) is 12.1 Å². The van der Waals surface area contributed by atoms with E-state index in [4.69, 9.17) is 0 Å². The van der Waals surface area contributed by atoms with E-state index in [9.17, 15) is 19.8 Å². The first-order valence-electron chi connectivity index (χ1n) is 9.02. The molecule has 0 saturated carbocycles. The predicted octanol–water partition coefficient (Wildman–Crippen LogP) is 2.10. The Morgan fingerprint density at radius 1 is 0.964 bits per heavy atom. The molecule has 0 aliphatic carbocycles. The average Bonchev–Trinajstić information content (AvgIpc) is 2.71. The van der Waals surface area contributed by atoms with Gasteiger partial charge >= 0.3 is 0 Å². The van der Waals surface area contributed by atoms with Crippen LogP contribution in [0.2, 0.25) is 0 Å². The van der Waals surface area contributed by atoms with Crippen molar-refractivity contribution in [1.82, 2.24) is 10.6 Å². The molecule has 7 heteroatoms. The van der Waals surface area contributed by atoms with Gasteiger partial charge in [-0.3, -0.25) is 9.59 Å². The molecule has 0 saturated heterocycles. The summed E-state index contributed by atoms with van der Waals surface area (Å²) in [6.45, 7) is 3.78. The molecule has 0 radical (unpaired) electrons. The van der Waals surface area contributed by atoms with E-state index in [0.717, 1.165) is 15.6 Å². The van der Waals surface area contributed by atoms with Gasteiger partial charge in [0, 0.05) is 11.0 Å². The second-order valence-electron chi connectivity index (χ2n) is 6.66. The van der Waals surface area contributed by atoms with Crippen molar-refractivity contribution in [3.8, 4) is 0 Å². The van der Waals surface area contributed by atoms with E-state index in [2.05, 4.69) is 26.6 Å². The number of Topliss-reactive ketones (excluding diaryl/α,β-unsaturated/α-hetero) is 1. The first-order chi connectivity index (χ1) is 13.3. The van der Waals surface area contributed by atoms with Crippen molar-refractivity contribution in [2.45, 2.75) is 44.7 Å². The molecule has 1 unspecified atom stereocenters. The Morgan fingerprint density at radius 3 is 2.18 bits per heavy atom. The van der Waals surface area contributed by atoms with Crippen LogP contribution in [0.25, 0.3) is 0 Å². The minimum atomic E-state index is -1.84. The van der Waals surface area contributed by atoms with Crippen LogP contribution >= 0.6 is 15.9 Å². The zero-order valence-electron chi connectivity index (χ0n) is 15.8. The number of nitrogens with one attached hydrogen (secondary N) is 2. The summed E-state index contributed by atoms with van der Waals surface area (Å²) in [4.78, 5) is 24.6. The van der Waals surface area contributed by atoms with Crippen LogP contribution in [0, 0.1) is 0 Å². The van der Waals surface area contributed by atoms with Gasteiger partial charge in [-0.15, -0.1) is 0 Å². The van der Waals surface area contributed by atoms with Gasteiger partial charge in [-0.1, -0.05) is 58.4 Å². The molecule has 4 N–H and O–H groups in total. The lowest BCUT2D eigenvalue weighted by atomic mass is 10.0. The molecule has 28 heavy (non-hydrogen) atoms. The fourth-order valence-corrected chi connectivity index (χ4v) is 2.92. The van der Waals surface area contributed by atoms with Crippen LogP contribution in [0.5, 0.6) is 0 Å². The van der Waals surface area contributed by atoms with Crippen molar-refractivity contribution in [3.63, 3.8) is 0 Å². The van der Waals surface area contributed by atoms with Crippen LogP contribution < -0.4 is 10.6 Å². The van der Waals surface area contributed by atoms with Crippen LogP contribution in [0.4, 0.5) is 0 Å². The van der Waals surface area contributed by atoms with Crippen LogP contribution in [-0.4, -0.2) is 40.2 Å². The molecule has 0 fully saturated rings. The molecule has 0 aliphatic rings. The number of aliphatic hydroxyl groups is 2. The molecular formula is C21H25BrN2O4. The van der Waals surface area contributed by atoms with E-state index >= 15 is 0 Å². The Morgan fingerprint density at radius 2 is 1.57 bits per heavy atom. The third-order valence-corrected chi connectivity index (χ3v) is 5.00. The molecule has 2 aromatic carbocycles. The van der Waals surface area contributed by atoms with Crippen molar-refractivity contribution in [1.29, 1.82) is 0 Å². The van der Waals surface area contributed by atoms with Crippen molar-refractivity contribution < 1.29 is 19.8 Å². The summed E-state index contributed by atoms with van der Waals surface area (Å²) in [5.74, 6) is -1.44. The summed E-state index contributed by atoms with van der Waals surface area (Å²) < 4.78 is 0.910. The fraction of sp³-hybridized carbons (Fsp3) is 0.333. The normalized spacial score (nSPS) is 15.3. The number of halogens is 1. The number of carbonyl (C=O) groups excluding carboxylic acids is 2. The summed E-state index contributed by atoms with van der Waals surface area (Å²) in [7, 11) is 0. The summed E-state index contributed by atoms with van der Waals surface area (Å²) in [5, 5.41) is 25.8. The van der Waals surface area contributed by atoms with Crippen molar-refractivity contribution in [3.05, 3.63) is 70.2 Å². The Labute approximate surface area is 173 Å². The number of ketones is 1. The van der Waals surface area contributed by atoms with Gasteiger partial charge in [-0.2, -0.15) is 0 Å². The van der Waals surface area contributed by atoms with Gasteiger partial charge < -0.3 is 20.8 Å². The second kappa shape index (κ2) is 10.5. The third kappa shape index (κ3) is 6.24. The van der Waals surface area contributed by atoms with Gasteiger partial charge in [-0.25, -0.2) is 0 Å². The monoisotopic (exact) mass is 448 g/mol. The maximum atomic E-state index is 12.3. The maximum Gasteiger partial charge on any atom is 0.252 e. The Balaban J connectivity index is 1.88. The Bertz CT molecular complexity index is 783. The van der Waals surface area contributed by atoms with E-state index in [1.165, 1.54) is 0 Å². The highest BCUT2D eigenvalue weighted by atomic mass is 79.9. The average molecular weight is 449 g/mol. The standard InChI is InChI=1S/C21H25BrN2O4/c1-13(16-8-10-17(22)11-9-16)24-21(28)20(27)19(26)18(25)14(2)23-12-15-6-4-3-5-7-15/h3-11,13-14,19-20,23,26-27H,12H2,1-2H3,(H,24,28)/t13-,14?,19-,20+/m0/s1. The highest BCUT2D eigenvalue weighted by Gasteiger charge is 2.33. The van der Waals surface area contributed by atoms with Crippen molar-refractivity contribution in [2.24, 2.45) is 0 Å². The topological polar surface area (TPSA) is 98.7 Å². The molecule has 150 valence electrons. The van der Waals surface area contributed by atoms with Crippen LogP contribution in [0.1, 0.15) is 31.0 Å². The van der Waals surface area contributed by atoms with Crippen LogP contribution in [0.3, 0.4) is 0 Å². The van der Waals surface area contributed by atoms with Crippen molar-refractivity contribution >= 4 is 27.6 Å². The second-order valence-corrected chi connectivity index (χ2v) is 7.58. The highest BCUT2D eigenvalue weighted by molar-refractivity contribution is 9.10. The predicted molar refractivity (Wildman–Crippen MR) is 110 cm³/mol. The molecule has 0 aliphatic heterocycles. The number of hydrogen-bond acceptors (Lipinski definition) is 5. The van der Waals surface area contributed by atoms with Gasteiger partial charge in [0.1, 0.15) is 6.10 Å². The number of rotatable bonds is 9. The first-order valence-corrected chi connectivity index (χ1v) is 9.82. The molecule has 0 bridgehead atoms. The van der Waals surface area contributed by atoms with Gasteiger partial charge in [0.25, 0.3) is 5.91 Å². The molecule has 1 amide bonds. The number of aliphatic hydroxyl groups excluding tert-OH is 2.